The third-order valence-corrected chi connectivity index (χ3v) is 0.994. The summed E-state index contributed by atoms with van der Waals surface area (Å²) in [4.78, 5) is 10.4. The van der Waals surface area contributed by atoms with Crippen molar-refractivity contribution in [3.8, 4) is 0 Å². The molecule has 0 heterocycles. The Labute approximate surface area is 70.4 Å². The van der Waals surface area contributed by atoms with Gasteiger partial charge in [0.1, 0.15) is 0 Å². The number of hydrogen-bond donors (Lipinski definition) is 0. The van der Waals surface area contributed by atoms with Crippen molar-refractivity contribution in [2.24, 2.45) is 0 Å². The van der Waals surface area contributed by atoms with Crippen LogP contribution in [0.5, 0.6) is 0 Å². The third-order valence-electron chi connectivity index (χ3n) is 0.885. The largest absolute Gasteiger partial charge is 0.509 e. The van der Waals surface area contributed by atoms with E-state index < -0.39 is 6.16 Å². The van der Waals surface area contributed by atoms with Crippen molar-refractivity contribution in [3.63, 3.8) is 0 Å². The third kappa shape index (κ3) is 7.42. The average molecular weight is 183 g/mol. The van der Waals surface area contributed by atoms with Crippen molar-refractivity contribution in [1.29, 1.82) is 0 Å². The Morgan fingerprint density at radius 2 is 2.09 bits per heavy atom. The quantitative estimate of drug-likeness (QED) is 0.366. The fourth-order valence-corrected chi connectivity index (χ4v) is 0.534. The number of rotatable bonds is 5. The fourth-order valence-electron chi connectivity index (χ4n) is 0.445. The van der Waals surface area contributed by atoms with Gasteiger partial charge in [-0.1, -0.05) is 11.6 Å². The Morgan fingerprint density at radius 3 is 2.64 bits per heavy atom. The minimum atomic E-state index is -0.740. The second-order valence-corrected chi connectivity index (χ2v) is 1.92. The molecule has 0 radical (unpaired) electrons. The van der Waals surface area contributed by atoms with Gasteiger partial charge in [0.25, 0.3) is 0 Å². The smallest absolute Gasteiger partial charge is 0.434 e. The fraction of sp³-hybridized carbons (Fsp3) is 0.833. The molecular weight excluding hydrogens is 172 g/mol. The van der Waals surface area contributed by atoms with E-state index in [1.165, 1.54) is 0 Å². The molecule has 0 aliphatic heterocycles. The molecule has 0 aliphatic carbocycles. The van der Waals surface area contributed by atoms with Gasteiger partial charge in [0, 0.05) is 20.1 Å². The SMILES string of the molecule is COCCCOC(=O)OCCl. The van der Waals surface area contributed by atoms with Gasteiger partial charge in [-0.2, -0.15) is 0 Å². The van der Waals surface area contributed by atoms with Crippen molar-refractivity contribution in [2.75, 3.05) is 26.4 Å². The van der Waals surface area contributed by atoms with Crippen molar-refractivity contribution in [1.82, 2.24) is 0 Å². The first-order chi connectivity index (χ1) is 5.31. The van der Waals surface area contributed by atoms with E-state index in [2.05, 4.69) is 9.47 Å². The van der Waals surface area contributed by atoms with E-state index in [0.29, 0.717) is 19.6 Å². The highest BCUT2D eigenvalue weighted by atomic mass is 35.5. The summed E-state index contributed by atoms with van der Waals surface area (Å²) in [5, 5.41) is 0. The summed E-state index contributed by atoms with van der Waals surface area (Å²) >= 11 is 5.09. The van der Waals surface area contributed by atoms with Crippen LogP contribution < -0.4 is 0 Å². The van der Waals surface area contributed by atoms with Crippen LogP contribution in [0, 0.1) is 0 Å². The van der Waals surface area contributed by atoms with Crippen LogP contribution >= 0.6 is 11.6 Å². The number of hydrogen-bond acceptors (Lipinski definition) is 4. The number of carbonyl (C=O) groups is 1. The van der Waals surface area contributed by atoms with E-state index in [1.54, 1.807) is 7.11 Å². The van der Waals surface area contributed by atoms with Crippen LogP contribution in [0.15, 0.2) is 0 Å². The van der Waals surface area contributed by atoms with E-state index in [-0.39, 0.29) is 6.07 Å². The Kier molecular flexibility index (Phi) is 7.29. The predicted molar refractivity (Wildman–Crippen MR) is 39.6 cm³/mol. The molecule has 0 aromatic heterocycles. The molecule has 0 spiro atoms. The molecule has 0 unspecified atom stereocenters. The van der Waals surface area contributed by atoms with E-state index in [9.17, 15) is 4.79 Å². The van der Waals surface area contributed by atoms with E-state index in [4.69, 9.17) is 16.3 Å². The first-order valence-electron chi connectivity index (χ1n) is 3.15. The van der Waals surface area contributed by atoms with Crippen LogP contribution in [0.4, 0.5) is 4.79 Å². The average Bonchev–Trinajstić information content (AvgIpc) is 1.99. The molecular formula is C6H11ClO4. The van der Waals surface area contributed by atoms with Crippen LogP contribution in [0.25, 0.3) is 0 Å². The Bertz CT molecular complexity index is 107. The zero-order valence-corrected chi connectivity index (χ0v) is 7.10. The maximum absolute atomic E-state index is 10.4. The molecule has 0 N–H and O–H groups in total. The van der Waals surface area contributed by atoms with Crippen LogP contribution in [0.2, 0.25) is 0 Å². The van der Waals surface area contributed by atoms with Gasteiger partial charge < -0.3 is 14.2 Å². The standard InChI is InChI=1S/C6H11ClO4/c1-9-3-2-4-10-6(8)11-5-7/h2-5H2,1H3. The molecule has 66 valence electrons. The molecule has 0 rings (SSSR count). The van der Waals surface area contributed by atoms with Crippen LogP contribution in [0.1, 0.15) is 6.42 Å². The Morgan fingerprint density at radius 1 is 1.36 bits per heavy atom. The molecule has 0 saturated carbocycles. The number of methoxy groups -OCH3 is 1. The van der Waals surface area contributed by atoms with Crippen molar-refractivity contribution in [2.45, 2.75) is 6.42 Å². The summed E-state index contributed by atoms with van der Waals surface area (Å²) in [6.45, 7) is 0.859. The monoisotopic (exact) mass is 182 g/mol. The Hall–Kier alpha value is -0.480. The summed E-state index contributed by atoms with van der Waals surface area (Å²) in [6, 6.07) is -0.177. The molecule has 0 aliphatic rings. The highest BCUT2D eigenvalue weighted by molar-refractivity contribution is 6.17. The second kappa shape index (κ2) is 7.63. The zero-order chi connectivity index (χ0) is 8.53. The van der Waals surface area contributed by atoms with Crippen LogP contribution in [-0.2, 0) is 14.2 Å². The van der Waals surface area contributed by atoms with Gasteiger partial charge in [-0.15, -0.1) is 0 Å². The van der Waals surface area contributed by atoms with Gasteiger partial charge in [-0.3, -0.25) is 0 Å². The molecule has 5 heteroatoms. The lowest BCUT2D eigenvalue weighted by atomic mass is 10.5. The summed E-state index contributed by atoms with van der Waals surface area (Å²) in [6.07, 6.45) is -0.0791. The normalized spacial score (nSPS) is 9.27. The van der Waals surface area contributed by atoms with Gasteiger partial charge in [-0.25, -0.2) is 4.79 Å². The number of halogens is 1. The summed E-state index contributed by atoms with van der Waals surface area (Å²) in [5.74, 6) is 0. The summed E-state index contributed by atoms with van der Waals surface area (Å²) in [5.41, 5.74) is 0. The van der Waals surface area contributed by atoms with Gasteiger partial charge in [0.15, 0.2) is 6.07 Å². The first-order valence-corrected chi connectivity index (χ1v) is 3.69. The number of ether oxygens (including phenoxy) is 3. The molecule has 0 bridgehead atoms. The number of carbonyl (C=O) groups excluding carboxylic acids is 1. The Balaban J connectivity index is 3.04. The van der Waals surface area contributed by atoms with Crippen molar-refractivity contribution >= 4 is 17.8 Å². The first kappa shape index (κ1) is 10.5. The summed E-state index contributed by atoms with van der Waals surface area (Å²) in [7, 11) is 1.58. The lowest BCUT2D eigenvalue weighted by Crippen LogP contribution is -2.08. The maximum Gasteiger partial charge on any atom is 0.509 e. The lowest BCUT2D eigenvalue weighted by Gasteiger charge is -2.02. The van der Waals surface area contributed by atoms with Gasteiger partial charge in [0.2, 0.25) is 0 Å². The van der Waals surface area contributed by atoms with Crippen molar-refractivity contribution < 1.29 is 19.0 Å². The van der Waals surface area contributed by atoms with Crippen LogP contribution in [0.3, 0.4) is 0 Å². The summed E-state index contributed by atoms with van der Waals surface area (Å²) < 4.78 is 13.6. The zero-order valence-electron chi connectivity index (χ0n) is 6.34. The molecule has 0 amide bonds. The highest BCUT2D eigenvalue weighted by Gasteiger charge is 2.00. The van der Waals surface area contributed by atoms with Gasteiger partial charge in [0.05, 0.1) is 6.61 Å². The van der Waals surface area contributed by atoms with Crippen molar-refractivity contribution in [3.05, 3.63) is 0 Å². The second-order valence-electron chi connectivity index (χ2n) is 1.70. The van der Waals surface area contributed by atoms with Gasteiger partial charge in [-0.05, 0) is 0 Å². The molecule has 4 nitrogen and oxygen atoms in total. The molecule has 0 aromatic rings. The molecule has 0 saturated heterocycles. The minimum absolute atomic E-state index is 0.177. The van der Waals surface area contributed by atoms with Gasteiger partial charge >= 0.3 is 6.16 Å². The minimum Gasteiger partial charge on any atom is -0.434 e. The highest BCUT2D eigenvalue weighted by Crippen LogP contribution is 1.89. The number of alkyl halides is 1. The van der Waals surface area contributed by atoms with E-state index in [1.807, 2.05) is 0 Å². The molecule has 0 aromatic carbocycles. The maximum atomic E-state index is 10.4. The van der Waals surface area contributed by atoms with E-state index >= 15 is 0 Å². The molecule has 0 fully saturated rings. The topological polar surface area (TPSA) is 44.8 Å². The predicted octanol–water partition coefficient (Wildman–Crippen LogP) is 1.37. The lowest BCUT2D eigenvalue weighted by molar-refractivity contribution is 0.0602. The molecule has 11 heavy (non-hydrogen) atoms. The molecule has 0 atom stereocenters. The van der Waals surface area contributed by atoms with Crippen LogP contribution in [-0.4, -0.2) is 32.5 Å². The van der Waals surface area contributed by atoms with E-state index in [0.717, 1.165) is 0 Å².